The van der Waals surface area contributed by atoms with Gasteiger partial charge in [0.05, 0.1) is 19.3 Å². The summed E-state index contributed by atoms with van der Waals surface area (Å²) in [6.45, 7) is 7.79. The quantitative estimate of drug-likeness (QED) is 0.533. The summed E-state index contributed by atoms with van der Waals surface area (Å²) in [6, 6.07) is 9.34. The Morgan fingerprint density at radius 2 is 2.26 bits per heavy atom. The van der Waals surface area contributed by atoms with Crippen LogP contribution in [0, 0.1) is 0 Å². The molecular weight excluding hydrogens is 404 g/mol. The number of halogens is 1. The lowest BCUT2D eigenvalue weighted by atomic mass is 9.96. The molecular formula is C21H31BrN4O. The van der Waals surface area contributed by atoms with Crippen LogP contribution in [0.3, 0.4) is 0 Å². The van der Waals surface area contributed by atoms with Crippen molar-refractivity contribution in [1.82, 2.24) is 15.5 Å². The first-order chi connectivity index (χ1) is 13.2. The van der Waals surface area contributed by atoms with E-state index >= 15 is 0 Å². The number of morpholine rings is 1. The van der Waals surface area contributed by atoms with E-state index < -0.39 is 0 Å². The second-order valence-electron chi connectivity index (χ2n) is 8.11. The second kappa shape index (κ2) is 8.50. The Bertz CT molecular complexity index is 676. The predicted molar refractivity (Wildman–Crippen MR) is 113 cm³/mol. The van der Waals surface area contributed by atoms with Gasteiger partial charge in [0.25, 0.3) is 0 Å². The minimum absolute atomic E-state index is 0.218. The normalized spacial score (nSPS) is 27.3. The molecule has 2 aliphatic heterocycles. The van der Waals surface area contributed by atoms with E-state index in [1.807, 2.05) is 0 Å². The Morgan fingerprint density at radius 3 is 3.04 bits per heavy atom. The van der Waals surface area contributed by atoms with E-state index in [0.717, 1.165) is 43.2 Å². The second-order valence-corrected chi connectivity index (χ2v) is 9.03. The van der Waals surface area contributed by atoms with Gasteiger partial charge in [0.15, 0.2) is 5.96 Å². The Labute approximate surface area is 171 Å². The summed E-state index contributed by atoms with van der Waals surface area (Å²) in [5.41, 5.74) is 1.61. The van der Waals surface area contributed by atoms with Gasteiger partial charge >= 0.3 is 0 Å². The molecule has 4 rings (SSSR count). The summed E-state index contributed by atoms with van der Waals surface area (Å²) in [4.78, 5) is 7.50. The van der Waals surface area contributed by atoms with Crippen molar-refractivity contribution >= 4 is 21.9 Å². The number of benzene rings is 1. The van der Waals surface area contributed by atoms with Crippen LogP contribution in [-0.4, -0.2) is 62.3 Å². The topological polar surface area (TPSA) is 48.9 Å². The monoisotopic (exact) mass is 434 g/mol. The molecule has 2 N–H and O–H groups in total. The van der Waals surface area contributed by atoms with Gasteiger partial charge in [0, 0.05) is 35.6 Å². The number of aliphatic imine (C=N–C) groups is 1. The van der Waals surface area contributed by atoms with Crippen molar-refractivity contribution in [3.63, 3.8) is 0 Å². The molecule has 27 heavy (non-hydrogen) atoms. The van der Waals surface area contributed by atoms with E-state index in [0.29, 0.717) is 6.04 Å². The van der Waals surface area contributed by atoms with Crippen LogP contribution < -0.4 is 10.6 Å². The zero-order valence-electron chi connectivity index (χ0n) is 16.2. The lowest BCUT2D eigenvalue weighted by molar-refractivity contribution is -0.0453. The first kappa shape index (κ1) is 19.2. The van der Waals surface area contributed by atoms with Crippen molar-refractivity contribution in [2.24, 2.45) is 4.99 Å². The molecule has 1 aromatic carbocycles. The van der Waals surface area contributed by atoms with Crippen LogP contribution >= 0.6 is 15.9 Å². The number of guanidine groups is 1. The number of ether oxygens (including phenoxy) is 1. The smallest absolute Gasteiger partial charge is 0.191 e. The summed E-state index contributed by atoms with van der Waals surface area (Å²) >= 11 is 3.60. The lowest BCUT2D eigenvalue weighted by Crippen LogP contribution is -2.51. The van der Waals surface area contributed by atoms with Crippen LogP contribution in [0.15, 0.2) is 33.7 Å². The van der Waals surface area contributed by atoms with Crippen molar-refractivity contribution in [2.45, 2.75) is 50.2 Å². The van der Waals surface area contributed by atoms with Crippen LogP contribution in [0.5, 0.6) is 0 Å². The Kier molecular flexibility index (Phi) is 6.05. The highest BCUT2D eigenvalue weighted by Crippen LogP contribution is 2.48. The molecule has 0 bridgehead atoms. The zero-order chi connectivity index (χ0) is 18.7. The number of fused-ring (bicyclic) bond motifs is 1. The molecule has 1 aromatic rings. The standard InChI is InChI=1S/C21H31BrN4O/c1-2-23-20(24-12-19-13-26-10-4-7-18(26)14-27-19)25-15-21(8-9-21)16-5-3-6-17(22)11-16/h3,5-6,11,18-19H,2,4,7-10,12-15H2,1H3,(H2,23,24,25). The van der Waals surface area contributed by atoms with E-state index in [9.17, 15) is 0 Å². The molecule has 1 saturated carbocycles. The van der Waals surface area contributed by atoms with E-state index in [1.54, 1.807) is 0 Å². The maximum absolute atomic E-state index is 6.07. The van der Waals surface area contributed by atoms with Gasteiger partial charge < -0.3 is 15.4 Å². The fourth-order valence-corrected chi connectivity index (χ4v) is 4.70. The van der Waals surface area contributed by atoms with Crippen LogP contribution in [0.1, 0.15) is 38.2 Å². The number of hydrogen-bond acceptors (Lipinski definition) is 3. The van der Waals surface area contributed by atoms with Crippen molar-refractivity contribution in [3.8, 4) is 0 Å². The fraction of sp³-hybridized carbons (Fsp3) is 0.667. The van der Waals surface area contributed by atoms with Crippen LogP contribution in [0.25, 0.3) is 0 Å². The van der Waals surface area contributed by atoms with Crippen LogP contribution in [-0.2, 0) is 10.2 Å². The van der Waals surface area contributed by atoms with Crippen LogP contribution in [0.4, 0.5) is 0 Å². The number of rotatable bonds is 6. The maximum atomic E-state index is 6.07. The molecule has 2 saturated heterocycles. The number of nitrogens with zero attached hydrogens (tertiary/aromatic N) is 2. The predicted octanol–water partition coefficient (Wildman–Crippen LogP) is 2.90. The van der Waals surface area contributed by atoms with Gasteiger partial charge in [-0.1, -0.05) is 28.1 Å². The summed E-state index contributed by atoms with van der Waals surface area (Å²) in [5.74, 6) is 0.908. The molecule has 0 radical (unpaired) electrons. The molecule has 2 heterocycles. The van der Waals surface area contributed by atoms with E-state index in [-0.39, 0.29) is 11.5 Å². The molecule has 2 unspecified atom stereocenters. The first-order valence-corrected chi connectivity index (χ1v) is 11.1. The van der Waals surface area contributed by atoms with Crippen molar-refractivity contribution in [1.29, 1.82) is 0 Å². The molecule has 0 spiro atoms. The average Bonchev–Trinajstić information content (AvgIpc) is 3.33. The van der Waals surface area contributed by atoms with Crippen LogP contribution in [0.2, 0.25) is 0 Å². The number of nitrogens with one attached hydrogen (secondary N) is 2. The molecule has 0 amide bonds. The highest BCUT2D eigenvalue weighted by Gasteiger charge is 2.44. The largest absolute Gasteiger partial charge is 0.373 e. The first-order valence-electron chi connectivity index (χ1n) is 10.3. The molecule has 148 valence electrons. The highest BCUT2D eigenvalue weighted by molar-refractivity contribution is 9.10. The summed E-state index contributed by atoms with van der Waals surface area (Å²) in [5, 5.41) is 6.90. The van der Waals surface area contributed by atoms with Crippen molar-refractivity contribution < 1.29 is 4.74 Å². The zero-order valence-corrected chi connectivity index (χ0v) is 17.8. The minimum Gasteiger partial charge on any atom is -0.373 e. The molecule has 5 nitrogen and oxygen atoms in total. The minimum atomic E-state index is 0.218. The maximum Gasteiger partial charge on any atom is 0.191 e. The highest BCUT2D eigenvalue weighted by atomic mass is 79.9. The summed E-state index contributed by atoms with van der Waals surface area (Å²) in [6.07, 6.45) is 5.30. The van der Waals surface area contributed by atoms with Gasteiger partial charge in [-0.25, -0.2) is 0 Å². The van der Waals surface area contributed by atoms with Gasteiger partial charge in [-0.2, -0.15) is 0 Å². The number of hydrogen-bond donors (Lipinski definition) is 2. The van der Waals surface area contributed by atoms with Crippen molar-refractivity contribution in [3.05, 3.63) is 34.3 Å². The SMILES string of the molecule is CCNC(=NCC1(c2cccc(Br)c2)CC1)NCC1CN2CCCC2CO1. The summed E-state index contributed by atoms with van der Waals surface area (Å²) < 4.78 is 7.22. The van der Waals surface area contributed by atoms with Gasteiger partial charge in [0.1, 0.15) is 0 Å². The lowest BCUT2D eigenvalue weighted by Gasteiger charge is -2.35. The third-order valence-corrected chi connectivity index (χ3v) is 6.63. The van der Waals surface area contributed by atoms with E-state index in [4.69, 9.17) is 9.73 Å². The van der Waals surface area contributed by atoms with Crippen molar-refractivity contribution in [2.75, 3.05) is 39.3 Å². The third kappa shape index (κ3) is 4.66. The molecule has 0 aromatic heterocycles. The molecule has 3 fully saturated rings. The molecule has 3 aliphatic rings. The summed E-state index contributed by atoms with van der Waals surface area (Å²) in [7, 11) is 0. The molecule has 2 atom stereocenters. The van der Waals surface area contributed by atoms with E-state index in [1.165, 1.54) is 37.8 Å². The molecule has 1 aliphatic carbocycles. The fourth-order valence-electron chi connectivity index (χ4n) is 4.30. The average molecular weight is 435 g/mol. The van der Waals surface area contributed by atoms with Gasteiger partial charge in [-0.15, -0.1) is 0 Å². The Morgan fingerprint density at radius 1 is 1.37 bits per heavy atom. The third-order valence-electron chi connectivity index (χ3n) is 6.13. The van der Waals surface area contributed by atoms with E-state index in [2.05, 4.69) is 62.7 Å². The van der Waals surface area contributed by atoms with Gasteiger partial charge in [-0.05, 0) is 56.8 Å². The Hall–Kier alpha value is -1.11. The molecule has 6 heteroatoms. The van der Waals surface area contributed by atoms with Gasteiger partial charge in [-0.3, -0.25) is 9.89 Å². The van der Waals surface area contributed by atoms with Gasteiger partial charge in [0.2, 0.25) is 0 Å². The Balaban J connectivity index is 1.33.